The molecule has 2 atom stereocenters. The van der Waals surface area contributed by atoms with Crippen molar-refractivity contribution in [2.75, 3.05) is 115 Å². The molecule has 0 amide bonds. The van der Waals surface area contributed by atoms with E-state index in [1.54, 1.807) is 0 Å². The van der Waals surface area contributed by atoms with E-state index in [0.717, 1.165) is 115 Å². The van der Waals surface area contributed by atoms with E-state index in [2.05, 4.69) is 75.2 Å². The van der Waals surface area contributed by atoms with Crippen molar-refractivity contribution >= 4 is 23.6 Å². The van der Waals surface area contributed by atoms with Gasteiger partial charge >= 0.3 is 0 Å². The van der Waals surface area contributed by atoms with Gasteiger partial charge in [0.05, 0.1) is 56.2 Å². The fourth-order valence-corrected chi connectivity index (χ4v) is 7.80. The van der Waals surface area contributed by atoms with E-state index < -0.39 is 5.79 Å². The maximum atomic E-state index is 6.34. The summed E-state index contributed by atoms with van der Waals surface area (Å²) in [5.74, 6) is 0.228. The zero-order valence-electron chi connectivity index (χ0n) is 24.4. The maximum Gasteiger partial charge on any atom is 0.218 e. The first kappa shape index (κ1) is 26.8. The Kier molecular flexibility index (Phi) is 7.26. The molecule has 7 heterocycles. The predicted octanol–water partition coefficient (Wildman–Crippen LogP) is -0.434. The van der Waals surface area contributed by atoms with Crippen LogP contribution in [0.3, 0.4) is 0 Å². The average Bonchev–Trinajstić information content (AvgIpc) is 3.88. The van der Waals surface area contributed by atoms with Crippen LogP contribution in [-0.2, 0) is 9.47 Å². The fourth-order valence-electron chi connectivity index (χ4n) is 7.80. The summed E-state index contributed by atoms with van der Waals surface area (Å²) in [5.41, 5.74) is 8.58. The van der Waals surface area contributed by atoms with Crippen LogP contribution in [0.1, 0.15) is 23.6 Å². The topological polar surface area (TPSA) is 98.7 Å². The van der Waals surface area contributed by atoms with Crippen molar-refractivity contribution in [3.63, 3.8) is 0 Å². The predicted molar refractivity (Wildman–Crippen MR) is 162 cm³/mol. The van der Waals surface area contributed by atoms with Gasteiger partial charge in [0, 0.05) is 77.2 Å². The molecular weight excluding hydrogens is 534 g/mol. The van der Waals surface area contributed by atoms with Gasteiger partial charge in [-0.1, -0.05) is 6.08 Å². The van der Waals surface area contributed by atoms with Crippen LogP contribution in [0.15, 0.2) is 34.4 Å². The van der Waals surface area contributed by atoms with Gasteiger partial charge in [-0.05, 0) is 18.6 Å². The largest absolute Gasteiger partial charge is 0.475 e. The summed E-state index contributed by atoms with van der Waals surface area (Å²) in [6, 6.07) is 4.59. The van der Waals surface area contributed by atoms with Crippen LogP contribution in [0, 0.1) is 0 Å². The van der Waals surface area contributed by atoms with Gasteiger partial charge in [-0.25, -0.2) is 15.0 Å². The van der Waals surface area contributed by atoms with Gasteiger partial charge in [0.25, 0.3) is 0 Å². The van der Waals surface area contributed by atoms with Crippen molar-refractivity contribution < 1.29 is 9.47 Å². The molecule has 0 bridgehead atoms. The van der Waals surface area contributed by atoms with Crippen LogP contribution in [0.5, 0.6) is 0 Å². The number of anilines is 2. The SMILES string of the molecule is C1=CN(C2(N3CCNCC3)C(N3CCCN3)c3c(ccc(N4C=NCC4)c3C3=NCCO3)N2N2CCOCC2)CNC1. The maximum absolute atomic E-state index is 6.34. The lowest BCUT2D eigenvalue weighted by Gasteiger charge is -2.60. The molecule has 0 radical (unpaired) electrons. The van der Waals surface area contributed by atoms with E-state index in [9.17, 15) is 0 Å². The van der Waals surface area contributed by atoms with Crippen molar-refractivity contribution in [1.82, 2.24) is 35.9 Å². The van der Waals surface area contributed by atoms with Crippen LogP contribution in [0.2, 0.25) is 0 Å². The summed E-state index contributed by atoms with van der Waals surface area (Å²) in [7, 11) is 0. The molecule has 8 rings (SSSR count). The number of hydrogen-bond acceptors (Lipinski definition) is 13. The number of nitrogens with one attached hydrogen (secondary N) is 3. The molecule has 13 heteroatoms. The molecule has 7 aliphatic rings. The monoisotopic (exact) mass is 577 g/mol. The highest BCUT2D eigenvalue weighted by Crippen LogP contribution is 2.56. The summed E-state index contributed by atoms with van der Waals surface area (Å²) in [4.78, 5) is 17.1. The number of rotatable bonds is 6. The summed E-state index contributed by atoms with van der Waals surface area (Å²) in [5, 5.41) is 15.0. The molecule has 1 aromatic rings. The van der Waals surface area contributed by atoms with Crippen LogP contribution in [-0.4, -0.2) is 143 Å². The number of hydrogen-bond donors (Lipinski definition) is 3. The normalized spacial score (nSPS) is 30.8. The average molecular weight is 578 g/mol. The number of ether oxygens (including phenoxy) is 2. The molecule has 3 saturated heterocycles. The Bertz CT molecular complexity index is 1240. The quantitative estimate of drug-likeness (QED) is 0.411. The van der Waals surface area contributed by atoms with Gasteiger partial charge in [-0.2, -0.15) is 0 Å². The molecule has 0 aromatic heterocycles. The molecule has 1 aromatic carbocycles. The molecular formula is C29H43N11O2. The molecule has 7 aliphatic heterocycles. The van der Waals surface area contributed by atoms with Crippen molar-refractivity contribution in [2.45, 2.75) is 18.2 Å². The first-order valence-electron chi connectivity index (χ1n) is 15.7. The number of hydrazine groups is 2. The van der Waals surface area contributed by atoms with Crippen molar-refractivity contribution in [1.29, 1.82) is 0 Å². The van der Waals surface area contributed by atoms with Crippen LogP contribution < -0.4 is 26.0 Å². The van der Waals surface area contributed by atoms with Crippen molar-refractivity contribution in [3.05, 3.63) is 35.5 Å². The summed E-state index contributed by atoms with van der Waals surface area (Å²) in [6.07, 6.45) is 7.69. The Morgan fingerprint density at radius 3 is 2.50 bits per heavy atom. The molecule has 0 aliphatic carbocycles. The Hall–Kier alpha value is -2.78. The lowest BCUT2D eigenvalue weighted by Crippen LogP contribution is -2.78. The Labute approximate surface area is 247 Å². The lowest BCUT2D eigenvalue weighted by molar-refractivity contribution is -0.136. The first-order valence-corrected chi connectivity index (χ1v) is 15.7. The second-order valence-corrected chi connectivity index (χ2v) is 11.8. The third-order valence-corrected chi connectivity index (χ3v) is 9.49. The molecule has 3 N–H and O–H groups in total. The van der Waals surface area contributed by atoms with Crippen LogP contribution >= 0.6 is 0 Å². The van der Waals surface area contributed by atoms with E-state index in [1.807, 2.05) is 6.34 Å². The van der Waals surface area contributed by atoms with Crippen molar-refractivity contribution in [3.8, 4) is 0 Å². The zero-order valence-corrected chi connectivity index (χ0v) is 24.4. The third-order valence-electron chi connectivity index (χ3n) is 9.49. The number of fused-ring (bicyclic) bond motifs is 1. The van der Waals surface area contributed by atoms with E-state index in [4.69, 9.17) is 14.5 Å². The third kappa shape index (κ3) is 4.25. The van der Waals surface area contributed by atoms with E-state index in [-0.39, 0.29) is 6.04 Å². The lowest BCUT2D eigenvalue weighted by atomic mass is 9.93. The van der Waals surface area contributed by atoms with E-state index in [0.29, 0.717) is 13.2 Å². The molecule has 0 spiro atoms. The fraction of sp³-hybridized carbons (Fsp3) is 0.655. The highest BCUT2D eigenvalue weighted by atomic mass is 16.5. The molecule has 3 fully saturated rings. The van der Waals surface area contributed by atoms with Crippen LogP contribution in [0.25, 0.3) is 0 Å². The minimum Gasteiger partial charge on any atom is -0.475 e. The number of aliphatic imine (C=N–C) groups is 2. The second kappa shape index (κ2) is 11.4. The Morgan fingerprint density at radius 2 is 1.79 bits per heavy atom. The number of piperazine rings is 1. The van der Waals surface area contributed by atoms with E-state index in [1.165, 1.54) is 11.3 Å². The Balaban J connectivity index is 1.42. The molecule has 42 heavy (non-hydrogen) atoms. The molecule has 13 nitrogen and oxygen atoms in total. The Morgan fingerprint density at radius 1 is 0.905 bits per heavy atom. The van der Waals surface area contributed by atoms with Gasteiger partial charge in [0.1, 0.15) is 12.6 Å². The van der Waals surface area contributed by atoms with Crippen molar-refractivity contribution in [2.24, 2.45) is 9.98 Å². The summed E-state index contributed by atoms with van der Waals surface area (Å²) in [6.45, 7) is 13.5. The molecule has 226 valence electrons. The van der Waals surface area contributed by atoms with Crippen LogP contribution in [0.4, 0.5) is 11.4 Å². The minimum absolute atomic E-state index is 0.0260. The van der Waals surface area contributed by atoms with E-state index >= 15 is 0 Å². The van der Waals surface area contributed by atoms with Gasteiger partial charge in [-0.15, -0.1) is 0 Å². The summed E-state index contributed by atoms with van der Waals surface area (Å²) < 4.78 is 12.2. The van der Waals surface area contributed by atoms with Gasteiger partial charge in [0.15, 0.2) is 0 Å². The molecule has 2 unspecified atom stereocenters. The van der Waals surface area contributed by atoms with Gasteiger partial charge < -0.3 is 24.6 Å². The minimum atomic E-state index is -0.533. The first-order chi connectivity index (χ1) is 20.9. The van der Waals surface area contributed by atoms with Gasteiger partial charge in [0.2, 0.25) is 11.7 Å². The van der Waals surface area contributed by atoms with Gasteiger partial charge in [-0.3, -0.25) is 25.6 Å². The second-order valence-electron chi connectivity index (χ2n) is 11.8. The number of benzene rings is 1. The highest BCUT2D eigenvalue weighted by molar-refractivity contribution is 6.06. The highest BCUT2D eigenvalue weighted by Gasteiger charge is 2.64. The molecule has 0 saturated carbocycles. The zero-order chi connectivity index (χ0) is 27.9. The number of nitrogens with zero attached hydrogens (tertiary/aromatic N) is 8. The number of morpholine rings is 1. The summed E-state index contributed by atoms with van der Waals surface area (Å²) >= 11 is 0. The smallest absolute Gasteiger partial charge is 0.218 e. The standard InChI is InChI=1S/C29H43N11O2/c1-5-31-22-37(11-1)29(36-14-8-30-9-15-36)27(39-12-2-6-34-39)25-24(40(29)38-16-19-41-20-17-38)4-3-23(35-13-7-32-21-35)26(25)28-33-10-18-42-28/h1,3-4,11,21,27,30-31,34H,2,5-10,12-20,22H2.